The molecule has 0 aliphatic carbocycles. The molecule has 9 nitrogen and oxygen atoms in total. The summed E-state index contributed by atoms with van der Waals surface area (Å²) >= 11 is 0. The van der Waals surface area contributed by atoms with Gasteiger partial charge in [-0.25, -0.2) is 8.42 Å². The Morgan fingerprint density at radius 1 is 1.07 bits per heavy atom. The topological polar surface area (TPSA) is 112 Å². The van der Waals surface area contributed by atoms with E-state index in [2.05, 4.69) is 0 Å². The van der Waals surface area contributed by atoms with Gasteiger partial charge in [0, 0.05) is 25.6 Å². The van der Waals surface area contributed by atoms with Crippen molar-refractivity contribution in [1.82, 2.24) is 4.31 Å². The van der Waals surface area contributed by atoms with E-state index >= 15 is 0 Å². The first-order valence-corrected chi connectivity index (χ1v) is 15.9. The van der Waals surface area contributed by atoms with Crippen molar-refractivity contribution in [2.45, 2.75) is 75.6 Å². The molecule has 224 valence electrons. The van der Waals surface area contributed by atoms with Crippen LogP contribution >= 0.6 is 0 Å². The number of aliphatic hydroxyl groups is 1. The standard InChI is InChI=1S/C31H41NO8S/c1-20(2)17-32(41(35,36)24-11-9-21(3)10-12-24)18-25(33)23(15-22-7-5-4-6-8-22)16-28(34)39-27-19-38-31-29(27)30-26(40-31)13-14-37-30/h4-12,20,23,25-27,29-31,33H,13-19H2,1-3H3/t23-,25-,26-,27+,29-,30+,31+/m1/s1. The molecule has 0 amide bonds. The second kappa shape index (κ2) is 12.9. The molecule has 41 heavy (non-hydrogen) atoms. The average Bonchev–Trinajstić information content (AvgIpc) is 3.62. The summed E-state index contributed by atoms with van der Waals surface area (Å²) < 4.78 is 52.0. The van der Waals surface area contributed by atoms with E-state index in [0.29, 0.717) is 13.0 Å². The van der Waals surface area contributed by atoms with E-state index < -0.39 is 40.4 Å². The average molecular weight is 588 g/mol. The Labute approximate surface area is 242 Å². The molecule has 2 aromatic carbocycles. The van der Waals surface area contributed by atoms with Crippen LogP contribution in [0, 0.1) is 24.7 Å². The van der Waals surface area contributed by atoms with Gasteiger partial charge in [0.05, 0.1) is 42.2 Å². The second-order valence-corrected chi connectivity index (χ2v) is 13.8. The Hall–Kier alpha value is -2.34. The highest BCUT2D eigenvalue weighted by Crippen LogP contribution is 2.42. The molecular formula is C31H41NO8S. The smallest absolute Gasteiger partial charge is 0.306 e. The number of hydrogen-bond acceptors (Lipinski definition) is 8. The second-order valence-electron chi connectivity index (χ2n) is 11.9. The quantitative estimate of drug-likeness (QED) is 0.377. The predicted molar refractivity (Wildman–Crippen MR) is 151 cm³/mol. The molecular weight excluding hydrogens is 546 g/mol. The molecule has 3 saturated heterocycles. The van der Waals surface area contributed by atoms with Crippen molar-refractivity contribution in [3.05, 3.63) is 65.7 Å². The van der Waals surface area contributed by atoms with Crippen molar-refractivity contribution in [3.63, 3.8) is 0 Å². The third-order valence-corrected chi connectivity index (χ3v) is 10.00. The van der Waals surface area contributed by atoms with Crippen LogP contribution in [0.5, 0.6) is 0 Å². The molecule has 0 radical (unpaired) electrons. The molecule has 3 aliphatic heterocycles. The van der Waals surface area contributed by atoms with Gasteiger partial charge in [-0.05, 0) is 43.4 Å². The van der Waals surface area contributed by atoms with Gasteiger partial charge in [-0.15, -0.1) is 0 Å². The Morgan fingerprint density at radius 3 is 2.51 bits per heavy atom. The van der Waals surface area contributed by atoms with Crippen molar-refractivity contribution in [2.75, 3.05) is 26.3 Å². The highest BCUT2D eigenvalue weighted by molar-refractivity contribution is 7.89. The lowest BCUT2D eigenvalue weighted by atomic mass is 9.90. The highest BCUT2D eigenvalue weighted by Gasteiger charge is 2.56. The van der Waals surface area contributed by atoms with Crippen LogP contribution in [0.3, 0.4) is 0 Å². The van der Waals surface area contributed by atoms with Crippen molar-refractivity contribution < 1.29 is 37.3 Å². The van der Waals surface area contributed by atoms with Crippen LogP contribution in [-0.2, 0) is 40.2 Å². The molecule has 3 heterocycles. The third-order valence-electron chi connectivity index (χ3n) is 8.15. The molecule has 3 aliphatic rings. The molecule has 0 spiro atoms. The largest absolute Gasteiger partial charge is 0.459 e. The maximum absolute atomic E-state index is 13.6. The van der Waals surface area contributed by atoms with Crippen LogP contribution in [0.15, 0.2) is 59.5 Å². The van der Waals surface area contributed by atoms with Gasteiger partial charge in [0.2, 0.25) is 10.0 Å². The monoisotopic (exact) mass is 587 g/mol. The number of ether oxygens (including phenoxy) is 4. The summed E-state index contributed by atoms with van der Waals surface area (Å²) in [4.78, 5) is 13.5. The van der Waals surface area contributed by atoms with Gasteiger partial charge < -0.3 is 24.1 Å². The van der Waals surface area contributed by atoms with Crippen molar-refractivity contribution >= 4 is 16.0 Å². The molecule has 7 atom stereocenters. The Balaban J connectivity index is 1.31. The van der Waals surface area contributed by atoms with E-state index in [4.69, 9.17) is 18.9 Å². The zero-order chi connectivity index (χ0) is 29.1. The van der Waals surface area contributed by atoms with Gasteiger partial charge in [0.1, 0.15) is 6.10 Å². The number of carbonyl (C=O) groups is 1. The number of carbonyl (C=O) groups excluding carboxylic acids is 1. The minimum atomic E-state index is -3.87. The van der Waals surface area contributed by atoms with Crippen LogP contribution in [0.2, 0.25) is 0 Å². The summed E-state index contributed by atoms with van der Waals surface area (Å²) in [5, 5.41) is 11.5. The van der Waals surface area contributed by atoms with Crippen LogP contribution < -0.4 is 0 Å². The van der Waals surface area contributed by atoms with Gasteiger partial charge in [-0.1, -0.05) is 61.9 Å². The third kappa shape index (κ3) is 7.01. The number of sulfonamides is 1. The van der Waals surface area contributed by atoms with Gasteiger partial charge in [-0.3, -0.25) is 4.79 Å². The molecule has 5 rings (SSSR count). The first-order chi connectivity index (χ1) is 19.6. The minimum Gasteiger partial charge on any atom is -0.459 e. The summed E-state index contributed by atoms with van der Waals surface area (Å²) in [5.41, 5.74) is 1.90. The number of aryl methyl sites for hydroxylation is 1. The summed E-state index contributed by atoms with van der Waals surface area (Å²) in [7, 11) is -3.87. The van der Waals surface area contributed by atoms with Gasteiger partial charge in [0.25, 0.3) is 0 Å². The number of nitrogens with zero attached hydrogens (tertiary/aromatic N) is 1. The lowest BCUT2D eigenvalue weighted by molar-refractivity contribution is -0.154. The van der Waals surface area contributed by atoms with Crippen molar-refractivity contribution in [1.29, 1.82) is 0 Å². The number of hydrogen-bond donors (Lipinski definition) is 1. The van der Waals surface area contributed by atoms with Gasteiger partial charge in [-0.2, -0.15) is 4.31 Å². The molecule has 3 fully saturated rings. The molecule has 10 heteroatoms. The van der Waals surface area contributed by atoms with E-state index in [1.807, 2.05) is 51.1 Å². The Bertz CT molecular complexity index is 1270. The van der Waals surface area contributed by atoms with E-state index in [0.717, 1.165) is 17.5 Å². The van der Waals surface area contributed by atoms with E-state index in [9.17, 15) is 18.3 Å². The first kappa shape index (κ1) is 30.1. The van der Waals surface area contributed by atoms with E-state index in [-0.39, 0.29) is 55.1 Å². The summed E-state index contributed by atoms with van der Waals surface area (Å²) in [6, 6.07) is 16.3. The minimum absolute atomic E-state index is 0.0329. The van der Waals surface area contributed by atoms with Crippen molar-refractivity contribution in [2.24, 2.45) is 17.8 Å². The molecule has 0 aromatic heterocycles. The summed E-state index contributed by atoms with van der Waals surface area (Å²) in [5.74, 6) is -1.17. The summed E-state index contributed by atoms with van der Waals surface area (Å²) in [6.07, 6.45) is -1.11. The van der Waals surface area contributed by atoms with E-state index in [1.54, 1.807) is 24.3 Å². The lowest BCUT2D eigenvalue weighted by Crippen LogP contribution is -2.43. The van der Waals surface area contributed by atoms with Crippen molar-refractivity contribution in [3.8, 4) is 0 Å². The highest BCUT2D eigenvalue weighted by atomic mass is 32.2. The van der Waals surface area contributed by atoms with E-state index in [1.165, 1.54) is 4.31 Å². The first-order valence-electron chi connectivity index (χ1n) is 14.5. The normalized spacial score (nSPS) is 27.1. The Morgan fingerprint density at radius 2 is 1.80 bits per heavy atom. The fraction of sp³-hybridized carbons (Fsp3) is 0.581. The number of benzene rings is 2. The van der Waals surface area contributed by atoms with Crippen LogP contribution in [0.1, 0.15) is 37.8 Å². The number of rotatable bonds is 12. The maximum Gasteiger partial charge on any atom is 0.306 e. The Kier molecular flexibility index (Phi) is 9.47. The molecule has 0 unspecified atom stereocenters. The van der Waals surface area contributed by atoms with Crippen LogP contribution in [0.4, 0.5) is 0 Å². The zero-order valence-electron chi connectivity index (χ0n) is 23.9. The van der Waals surface area contributed by atoms with Crippen LogP contribution in [0.25, 0.3) is 0 Å². The van der Waals surface area contributed by atoms with Crippen LogP contribution in [-0.4, -0.2) is 80.8 Å². The number of fused-ring (bicyclic) bond motifs is 3. The fourth-order valence-electron chi connectivity index (χ4n) is 6.05. The number of aliphatic hydroxyl groups excluding tert-OH is 1. The SMILES string of the molecule is Cc1ccc(S(=O)(=O)N(CC(C)C)C[C@@H](O)[C@@H](CC(=O)O[C@H]2CO[C@H]3O[C@@H]4CCO[C@@H]4[C@H]32)Cc2ccccc2)cc1. The molecule has 1 N–H and O–H groups in total. The summed E-state index contributed by atoms with van der Waals surface area (Å²) in [6.45, 7) is 6.72. The molecule has 0 bridgehead atoms. The molecule has 2 aromatic rings. The predicted octanol–water partition coefficient (Wildman–Crippen LogP) is 3.32. The molecule has 0 saturated carbocycles. The van der Waals surface area contributed by atoms with Gasteiger partial charge >= 0.3 is 5.97 Å². The lowest BCUT2D eigenvalue weighted by Gasteiger charge is -2.30. The fourth-order valence-corrected chi connectivity index (χ4v) is 7.67. The van der Waals surface area contributed by atoms with Gasteiger partial charge in [0.15, 0.2) is 6.29 Å². The zero-order valence-corrected chi connectivity index (χ0v) is 24.7. The number of esters is 1. The maximum atomic E-state index is 13.6.